The molecular formula is C17H16ClFN2O3. The van der Waals surface area contributed by atoms with Crippen LogP contribution in [0.4, 0.5) is 10.1 Å². The summed E-state index contributed by atoms with van der Waals surface area (Å²) in [5.74, 6) is -1.44. The lowest BCUT2D eigenvalue weighted by molar-refractivity contribution is -0.124. The van der Waals surface area contributed by atoms with Gasteiger partial charge in [-0.2, -0.15) is 0 Å². The first-order valence-corrected chi connectivity index (χ1v) is 7.57. The fraction of sp³-hybridized carbons (Fsp3) is 0.176. The second-order valence-corrected chi connectivity index (χ2v) is 5.47. The van der Waals surface area contributed by atoms with Crippen LogP contribution in [0.1, 0.15) is 15.9 Å². The number of rotatable bonds is 6. The zero-order chi connectivity index (χ0) is 17.5. The maximum absolute atomic E-state index is 12.8. The molecule has 2 rings (SSSR count). The van der Waals surface area contributed by atoms with E-state index in [1.165, 1.54) is 30.3 Å². The summed E-state index contributed by atoms with van der Waals surface area (Å²) in [6.07, 6.45) is 0.546. The number of nitrogens with one attached hydrogen (secondary N) is 1. The van der Waals surface area contributed by atoms with Crippen LogP contribution in [0.3, 0.4) is 0 Å². The molecule has 0 spiro atoms. The Morgan fingerprint density at radius 1 is 1.17 bits per heavy atom. The Morgan fingerprint density at radius 2 is 1.88 bits per heavy atom. The number of hydrogen-bond acceptors (Lipinski definition) is 4. The lowest BCUT2D eigenvalue weighted by atomic mass is 10.1. The molecule has 0 fully saturated rings. The van der Waals surface area contributed by atoms with Crippen molar-refractivity contribution in [1.29, 1.82) is 0 Å². The quantitative estimate of drug-likeness (QED) is 0.619. The smallest absolute Gasteiger partial charge is 0.340 e. The third-order valence-corrected chi connectivity index (χ3v) is 3.45. The van der Waals surface area contributed by atoms with Gasteiger partial charge in [0.2, 0.25) is 0 Å². The van der Waals surface area contributed by atoms with E-state index < -0.39 is 18.5 Å². The highest BCUT2D eigenvalue weighted by Gasteiger charge is 2.13. The van der Waals surface area contributed by atoms with Crippen molar-refractivity contribution in [2.75, 3.05) is 18.9 Å². The summed E-state index contributed by atoms with van der Waals surface area (Å²) in [7, 11) is 0. The standard InChI is InChI=1S/C17H16ClFN2O3/c18-12-3-6-14(15(20)9-12)17(23)24-10-16(22)21-8-7-11-1-4-13(19)5-2-11/h1-6,9H,7-8,10,20H2,(H,21,22). The van der Waals surface area contributed by atoms with E-state index in [9.17, 15) is 14.0 Å². The fourth-order valence-corrected chi connectivity index (χ4v) is 2.16. The van der Waals surface area contributed by atoms with Crippen molar-refractivity contribution in [1.82, 2.24) is 5.32 Å². The summed E-state index contributed by atoms with van der Waals surface area (Å²) in [4.78, 5) is 23.5. The molecule has 5 nitrogen and oxygen atoms in total. The van der Waals surface area contributed by atoms with Crippen molar-refractivity contribution in [2.45, 2.75) is 6.42 Å². The Labute approximate surface area is 143 Å². The van der Waals surface area contributed by atoms with Gasteiger partial charge in [0.05, 0.1) is 5.56 Å². The van der Waals surface area contributed by atoms with E-state index in [0.717, 1.165) is 5.56 Å². The van der Waals surface area contributed by atoms with Gasteiger partial charge < -0.3 is 15.8 Å². The summed E-state index contributed by atoms with van der Waals surface area (Å²) in [6, 6.07) is 10.4. The Balaban J connectivity index is 1.74. The summed E-state index contributed by atoms with van der Waals surface area (Å²) < 4.78 is 17.7. The van der Waals surface area contributed by atoms with E-state index in [1.807, 2.05) is 0 Å². The van der Waals surface area contributed by atoms with Crippen molar-refractivity contribution in [3.8, 4) is 0 Å². The van der Waals surface area contributed by atoms with Gasteiger partial charge in [-0.25, -0.2) is 9.18 Å². The van der Waals surface area contributed by atoms with Gasteiger partial charge in [0, 0.05) is 17.3 Å². The number of nitrogen functional groups attached to an aromatic ring is 1. The molecule has 0 aliphatic carbocycles. The van der Waals surface area contributed by atoms with E-state index in [1.54, 1.807) is 12.1 Å². The van der Waals surface area contributed by atoms with Crippen LogP contribution in [-0.2, 0) is 16.0 Å². The monoisotopic (exact) mass is 350 g/mol. The van der Waals surface area contributed by atoms with Crippen LogP contribution < -0.4 is 11.1 Å². The Bertz CT molecular complexity index is 735. The minimum atomic E-state index is -0.696. The van der Waals surface area contributed by atoms with Gasteiger partial charge >= 0.3 is 5.97 Å². The first-order valence-electron chi connectivity index (χ1n) is 7.19. The maximum Gasteiger partial charge on any atom is 0.340 e. The van der Waals surface area contributed by atoms with Crippen molar-refractivity contribution >= 4 is 29.2 Å². The molecule has 0 bridgehead atoms. The number of anilines is 1. The zero-order valence-electron chi connectivity index (χ0n) is 12.7. The second-order valence-electron chi connectivity index (χ2n) is 5.03. The highest BCUT2D eigenvalue weighted by Crippen LogP contribution is 2.18. The molecule has 1 amide bonds. The molecule has 2 aromatic carbocycles. The Kier molecular flexibility index (Phi) is 6.14. The van der Waals surface area contributed by atoms with Gasteiger partial charge in [0.1, 0.15) is 5.82 Å². The zero-order valence-corrected chi connectivity index (χ0v) is 13.5. The van der Waals surface area contributed by atoms with Crippen LogP contribution >= 0.6 is 11.6 Å². The summed E-state index contributed by atoms with van der Waals surface area (Å²) in [5, 5.41) is 3.02. The number of benzene rings is 2. The molecule has 0 unspecified atom stereocenters. The number of nitrogens with two attached hydrogens (primary N) is 1. The summed E-state index contributed by atoms with van der Waals surface area (Å²) in [5.41, 5.74) is 6.90. The van der Waals surface area contributed by atoms with E-state index >= 15 is 0 Å². The van der Waals surface area contributed by atoms with Gasteiger partial charge in [-0.1, -0.05) is 23.7 Å². The van der Waals surface area contributed by atoms with Crippen molar-refractivity contribution in [3.05, 3.63) is 64.4 Å². The molecule has 3 N–H and O–H groups in total. The molecule has 7 heteroatoms. The number of carbonyl (C=O) groups is 2. The number of ether oxygens (including phenoxy) is 1. The molecule has 0 aromatic heterocycles. The first-order chi connectivity index (χ1) is 11.5. The Hall–Kier alpha value is -2.60. The van der Waals surface area contributed by atoms with Crippen LogP contribution in [0, 0.1) is 5.82 Å². The minimum Gasteiger partial charge on any atom is -0.452 e. The predicted molar refractivity (Wildman–Crippen MR) is 89.3 cm³/mol. The average Bonchev–Trinajstić information content (AvgIpc) is 2.54. The van der Waals surface area contributed by atoms with Crippen molar-refractivity contribution < 1.29 is 18.7 Å². The molecule has 126 valence electrons. The van der Waals surface area contributed by atoms with Crippen molar-refractivity contribution in [3.63, 3.8) is 0 Å². The van der Waals surface area contributed by atoms with E-state index in [0.29, 0.717) is 18.0 Å². The normalized spacial score (nSPS) is 10.2. The summed E-state index contributed by atoms with van der Waals surface area (Å²) >= 11 is 5.75. The lowest BCUT2D eigenvalue weighted by Gasteiger charge is -2.08. The highest BCUT2D eigenvalue weighted by atomic mass is 35.5. The van der Waals surface area contributed by atoms with E-state index in [4.69, 9.17) is 22.1 Å². The Morgan fingerprint density at radius 3 is 2.54 bits per heavy atom. The maximum atomic E-state index is 12.8. The number of carbonyl (C=O) groups excluding carboxylic acids is 2. The van der Waals surface area contributed by atoms with E-state index in [2.05, 4.69) is 5.32 Å². The van der Waals surface area contributed by atoms with Gasteiger partial charge in [-0.15, -0.1) is 0 Å². The van der Waals surface area contributed by atoms with Crippen LogP contribution in [0.2, 0.25) is 5.02 Å². The topological polar surface area (TPSA) is 81.4 Å². The molecule has 24 heavy (non-hydrogen) atoms. The number of esters is 1. The molecule has 2 aromatic rings. The average molecular weight is 351 g/mol. The van der Waals surface area contributed by atoms with Crippen LogP contribution in [0.15, 0.2) is 42.5 Å². The number of hydrogen-bond donors (Lipinski definition) is 2. The largest absolute Gasteiger partial charge is 0.452 e. The first kappa shape index (κ1) is 17.7. The van der Waals surface area contributed by atoms with Gasteiger partial charge in [-0.3, -0.25) is 4.79 Å². The van der Waals surface area contributed by atoms with Gasteiger partial charge in [0.25, 0.3) is 5.91 Å². The molecule has 0 aliphatic rings. The molecule has 0 atom stereocenters. The fourth-order valence-electron chi connectivity index (χ4n) is 1.98. The number of amides is 1. The van der Waals surface area contributed by atoms with Gasteiger partial charge in [0.15, 0.2) is 6.61 Å². The predicted octanol–water partition coefficient (Wildman–Crippen LogP) is 2.58. The van der Waals surface area contributed by atoms with Gasteiger partial charge in [-0.05, 0) is 42.3 Å². The third-order valence-electron chi connectivity index (χ3n) is 3.22. The molecular weight excluding hydrogens is 335 g/mol. The van der Waals surface area contributed by atoms with Crippen molar-refractivity contribution in [2.24, 2.45) is 0 Å². The van der Waals surface area contributed by atoms with Crippen LogP contribution in [0.5, 0.6) is 0 Å². The molecule has 0 radical (unpaired) electrons. The van der Waals surface area contributed by atoms with Crippen LogP contribution in [-0.4, -0.2) is 25.0 Å². The lowest BCUT2D eigenvalue weighted by Crippen LogP contribution is -2.30. The molecule has 0 saturated carbocycles. The third kappa shape index (κ3) is 5.24. The van der Waals surface area contributed by atoms with Crippen LogP contribution in [0.25, 0.3) is 0 Å². The molecule has 0 saturated heterocycles. The SMILES string of the molecule is Nc1cc(Cl)ccc1C(=O)OCC(=O)NCCc1ccc(F)cc1. The summed E-state index contributed by atoms with van der Waals surface area (Å²) in [6.45, 7) is -0.0601. The minimum absolute atomic E-state index is 0.151. The number of halogens is 2. The highest BCUT2D eigenvalue weighted by molar-refractivity contribution is 6.31. The second kappa shape index (κ2) is 8.31. The molecule has 0 aliphatic heterocycles. The molecule has 0 heterocycles. The van der Waals surface area contributed by atoms with E-state index in [-0.39, 0.29) is 17.1 Å².